The molecule has 0 aromatic heterocycles. The van der Waals surface area contributed by atoms with Gasteiger partial charge in [0.15, 0.2) is 0 Å². The molecule has 7 aliphatic carbocycles. The minimum absolute atomic E-state index is 1.00. The largest absolute Gasteiger partial charge is 0.0683 e. The molecule has 0 saturated heterocycles. The molecule has 0 spiro atoms. The quantitative estimate of drug-likeness (QED) is 0.262. The lowest BCUT2D eigenvalue weighted by Gasteiger charge is -2.36. The fraction of sp³-hybridized carbons (Fsp3) is 1.00. The molecule has 7 aliphatic rings. The number of hydrogen-bond donors (Lipinski definition) is 0. The Balaban J connectivity index is 0.000000363. The first kappa shape index (κ1) is 54.0. The van der Waals surface area contributed by atoms with E-state index < -0.39 is 0 Å². The Hall–Kier alpha value is 0. The molecule has 0 aromatic rings. The van der Waals surface area contributed by atoms with Crippen molar-refractivity contribution in [2.24, 2.45) is 47.3 Å². The van der Waals surface area contributed by atoms with Crippen LogP contribution in [0.25, 0.3) is 0 Å². The van der Waals surface area contributed by atoms with Gasteiger partial charge in [-0.05, 0) is 60.2 Å². The molecule has 7 saturated carbocycles. The lowest BCUT2D eigenvalue weighted by atomic mass is 9.69. The third-order valence-electron chi connectivity index (χ3n) is 15.5. The van der Waals surface area contributed by atoms with E-state index in [0.29, 0.717) is 0 Å². The van der Waals surface area contributed by atoms with Gasteiger partial charge in [-0.2, -0.15) is 0 Å². The van der Waals surface area contributed by atoms with Crippen LogP contribution < -0.4 is 0 Å². The summed E-state index contributed by atoms with van der Waals surface area (Å²) in [5, 5.41) is 0. The first-order valence-corrected chi connectivity index (χ1v) is 27.5. The van der Waals surface area contributed by atoms with Crippen molar-refractivity contribution in [3.63, 3.8) is 0 Å². The van der Waals surface area contributed by atoms with Gasteiger partial charge in [-0.25, -0.2) is 0 Å². The fourth-order valence-electron chi connectivity index (χ4n) is 11.1. The third kappa shape index (κ3) is 28.5. The van der Waals surface area contributed by atoms with Crippen LogP contribution in [0.2, 0.25) is 0 Å². The monoisotopic (exact) mass is 785 g/mol. The Morgan fingerprint density at radius 1 is 0.214 bits per heavy atom. The van der Waals surface area contributed by atoms with E-state index in [4.69, 9.17) is 0 Å². The van der Waals surface area contributed by atoms with Gasteiger partial charge in [0, 0.05) is 0 Å². The summed E-state index contributed by atoms with van der Waals surface area (Å²) >= 11 is 0. The summed E-state index contributed by atoms with van der Waals surface area (Å²) in [6.45, 7) is 17.9. The fourth-order valence-corrected chi connectivity index (χ4v) is 11.1. The van der Waals surface area contributed by atoms with Crippen LogP contribution in [0.4, 0.5) is 0 Å². The average Bonchev–Trinajstić information content (AvgIpc) is 3.10. The van der Waals surface area contributed by atoms with Crippen LogP contribution in [0.15, 0.2) is 0 Å². The zero-order chi connectivity index (χ0) is 40.9. The van der Waals surface area contributed by atoms with Gasteiger partial charge < -0.3 is 0 Å². The molecule has 0 amide bonds. The van der Waals surface area contributed by atoms with Crippen molar-refractivity contribution in [2.75, 3.05) is 0 Å². The summed E-state index contributed by atoms with van der Waals surface area (Å²) in [4.78, 5) is 0. The summed E-state index contributed by atoms with van der Waals surface area (Å²) < 4.78 is 0. The summed E-state index contributed by atoms with van der Waals surface area (Å²) in [5.74, 6) is 8.44. The Morgan fingerprint density at radius 2 is 0.482 bits per heavy atom. The average molecular weight is 786 g/mol. The molecule has 0 bridgehead atoms. The zero-order valence-corrected chi connectivity index (χ0v) is 40.9. The maximum absolute atomic E-state index is 2.55. The molecular weight excluding hydrogens is 673 g/mol. The van der Waals surface area contributed by atoms with E-state index in [0.717, 1.165) is 47.3 Å². The van der Waals surface area contributed by atoms with Gasteiger partial charge in [-0.1, -0.05) is 299 Å². The van der Waals surface area contributed by atoms with Gasteiger partial charge >= 0.3 is 0 Å². The van der Waals surface area contributed by atoms with Crippen LogP contribution in [0.3, 0.4) is 0 Å². The van der Waals surface area contributed by atoms with Crippen LogP contribution in [-0.4, -0.2) is 0 Å². The number of rotatable bonds is 2. The zero-order valence-electron chi connectivity index (χ0n) is 40.9. The Kier molecular flexibility index (Phi) is 37.8. The highest BCUT2D eigenvalue weighted by Crippen LogP contribution is 2.41. The van der Waals surface area contributed by atoms with Gasteiger partial charge in [-0.3, -0.25) is 0 Å². The highest BCUT2D eigenvalue weighted by molar-refractivity contribution is 4.81. The van der Waals surface area contributed by atoms with Crippen molar-refractivity contribution in [2.45, 2.75) is 312 Å². The molecule has 0 N–H and O–H groups in total. The van der Waals surface area contributed by atoms with Crippen molar-refractivity contribution in [3.05, 3.63) is 0 Å². The van der Waals surface area contributed by atoms with Crippen molar-refractivity contribution in [1.82, 2.24) is 0 Å². The smallest absolute Gasteiger partial charge is 0.0360 e. The van der Waals surface area contributed by atoms with Crippen LogP contribution in [0.1, 0.15) is 312 Å². The molecule has 0 aliphatic heterocycles. The minimum Gasteiger partial charge on any atom is -0.0683 e. The second kappa shape index (κ2) is 39.2. The summed E-state index contributed by atoms with van der Waals surface area (Å²) in [6, 6.07) is 0. The topological polar surface area (TPSA) is 0 Å². The van der Waals surface area contributed by atoms with Crippen molar-refractivity contribution in [3.8, 4) is 0 Å². The summed E-state index contributed by atoms with van der Waals surface area (Å²) in [6.07, 6.45) is 60.4. The van der Waals surface area contributed by atoms with Gasteiger partial charge in [0.1, 0.15) is 0 Å². The predicted molar refractivity (Wildman–Crippen MR) is 258 cm³/mol. The predicted octanol–water partition coefficient (Wildman–Crippen LogP) is 20.7. The van der Waals surface area contributed by atoms with E-state index in [-0.39, 0.29) is 0 Å². The highest BCUT2D eigenvalue weighted by Gasteiger charge is 2.29. The first-order chi connectivity index (χ1) is 27.5. The summed E-state index contributed by atoms with van der Waals surface area (Å²) in [7, 11) is 0. The lowest BCUT2D eigenvalue weighted by Crippen LogP contribution is -2.24. The SMILES string of the molecule is C1CCC1.C1CCCCCCC1.CC.CC.CC1CCCC(C2CCCCCC[C@H]2C)CCC1.CC1CCCCCC(C2CCC2)C1.CC1CCCCCCC1. The van der Waals surface area contributed by atoms with E-state index in [1.807, 2.05) is 27.7 Å². The molecule has 3 unspecified atom stereocenters. The summed E-state index contributed by atoms with van der Waals surface area (Å²) in [5.41, 5.74) is 0. The molecule has 336 valence electrons. The second-order valence-electron chi connectivity index (χ2n) is 20.5. The van der Waals surface area contributed by atoms with Crippen LogP contribution >= 0.6 is 0 Å². The lowest BCUT2D eigenvalue weighted by molar-refractivity contribution is 0.153. The molecule has 0 radical (unpaired) electrons. The molecule has 56 heavy (non-hydrogen) atoms. The van der Waals surface area contributed by atoms with Crippen molar-refractivity contribution >= 4 is 0 Å². The molecule has 7 rings (SSSR count). The van der Waals surface area contributed by atoms with Crippen molar-refractivity contribution < 1.29 is 0 Å². The second-order valence-corrected chi connectivity index (χ2v) is 20.5. The van der Waals surface area contributed by atoms with Gasteiger partial charge in [0.25, 0.3) is 0 Å². The Labute approximate surface area is 358 Å². The molecule has 0 heteroatoms. The minimum atomic E-state index is 1.00. The van der Waals surface area contributed by atoms with Crippen LogP contribution in [-0.2, 0) is 0 Å². The number of hydrogen-bond acceptors (Lipinski definition) is 0. The van der Waals surface area contributed by atoms with Crippen LogP contribution in [0, 0.1) is 47.3 Å². The first-order valence-electron chi connectivity index (χ1n) is 27.5. The maximum Gasteiger partial charge on any atom is -0.0360 e. The molecule has 0 aromatic carbocycles. The van der Waals surface area contributed by atoms with E-state index in [9.17, 15) is 0 Å². The Morgan fingerprint density at radius 3 is 0.893 bits per heavy atom. The maximum atomic E-state index is 2.55. The van der Waals surface area contributed by atoms with E-state index in [2.05, 4.69) is 27.7 Å². The van der Waals surface area contributed by atoms with Gasteiger partial charge in [0.2, 0.25) is 0 Å². The van der Waals surface area contributed by atoms with E-state index in [1.54, 1.807) is 44.9 Å². The van der Waals surface area contributed by atoms with Crippen LogP contribution in [0.5, 0.6) is 0 Å². The van der Waals surface area contributed by atoms with Gasteiger partial charge in [-0.15, -0.1) is 0 Å². The van der Waals surface area contributed by atoms with E-state index >= 15 is 0 Å². The van der Waals surface area contributed by atoms with Crippen molar-refractivity contribution in [1.29, 1.82) is 0 Å². The molecule has 0 heterocycles. The van der Waals surface area contributed by atoms with E-state index in [1.165, 1.54) is 212 Å². The molecule has 7 fully saturated rings. The Bertz CT molecular complexity index is 714. The standard InChI is InChI=1S/C18H34.C13H24.C9H18.C8H16.C4H8.2C2H6/c1-15-9-7-12-17(13-8-10-15)18-14-6-4-3-5-11-16(18)2;1-11-6-3-2-4-7-13(10-11)12-8-5-9-12;1-9-7-5-3-2-4-6-8-9;1-2-4-6-8-7-5-3-1;1-2-4-3-1;2*1-2/h15-18H,3-14H2,1-2H3;11-13H,2-10H2,1H3;9H,2-8H2,1H3;1-8H2;1-4H2;2*1-2H3/t15?,16-,17?,18?;;;;;;/m1....../s1. The molecule has 0 nitrogen and oxygen atoms in total. The normalized spacial score (nSPS) is 31.1. The molecular formula is C56H112. The molecule has 4 atom stereocenters. The third-order valence-corrected chi connectivity index (χ3v) is 15.5. The van der Waals surface area contributed by atoms with Gasteiger partial charge in [0.05, 0.1) is 0 Å². The highest BCUT2D eigenvalue weighted by atomic mass is 14.3.